The normalized spacial score (nSPS) is 12.5. The average molecular weight is 519 g/mol. The predicted molar refractivity (Wildman–Crippen MR) is 145 cm³/mol. The Morgan fingerprint density at radius 1 is 0.763 bits per heavy atom. The summed E-state index contributed by atoms with van der Waals surface area (Å²) in [5, 5.41) is 22.1. The minimum atomic E-state index is -1.27. The van der Waals surface area contributed by atoms with Gasteiger partial charge in [-0.25, -0.2) is 14.4 Å². The largest absolute Gasteiger partial charge is 0.480 e. The van der Waals surface area contributed by atoms with Crippen molar-refractivity contribution in [3.05, 3.63) is 96.1 Å². The molecule has 3 rings (SSSR count). The van der Waals surface area contributed by atoms with Crippen LogP contribution >= 0.6 is 0 Å². The number of carboxylic acids is 2. The van der Waals surface area contributed by atoms with Crippen LogP contribution in [-0.2, 0) is 27.4 Å². The molecule has 0 fully saturated rings. The van der Waals surface area contributed by atoms with E-state index in [2.05, 4.69) is 5.32 Å². The minimum absolute atomic E-state index is 0.0260. The molecule has 2 atom stereocenters. The first kappa shape index (κ1) is 28.4. The molecular weight excluding hydrogens is 484 g/mol. The number of hydrogen-bond acceptors (Lipinski definition) is 4. The summed E-state index contributed by atoms with van der Waals surface area (Å²) in [5.41, 5.74) is 3.61. The number of hydrogen-bond donors (Lipinski definition) is 3. The van der Waals surface area contributed by atoms with E-state index in [1.165, 1.54) is 4.90 Å². The van der Waals surface area contributed by atoms with Crippen LogP contribution in [0.3, 0.4) is 0 Å². The van der Waals surface area contributed by atoms with Crippen LogP contribution in [0.1, 0.15) is 25.0 Å². The maximum absolute atomic E-state index is 13.2. The third-order valence-corrected chi connectivity index (χ3v) is 5.93. The molecule has 200 valence electrons. The monoisotopic (exact) mass is 518 g/mol. The van der Waals surface area contributed by atoms with Crippen LogP contribution in [-0.4, -0.2) is 58.3 Å². The van der Waals surface area contributed by atoms with Gasteiger partial charge in [0.15, 0.2) is 6.10 Å². The standard InChI is InChI=1S/C30H34N2O6/c1-21(2)18-32(19-27(29(35)36)38-20-23-9-5-3-6-10-23)30(37)31-26(28(33)34)17-22-13-15-25(16-14-22)24-11-7-4-8-12-24/h3-16,21,26-27H,17-20H2,1-2H3,(H,31,37)(H,33,34)(H,35,36)/t26-,27?/m0/s1. The first-order valence-corrected chi connectivity index (χ1v) is 12.5. The summed E-state index contributed by atoms with van der Waals surface area (Å²) in [5.74, 6) is -2.35. The van der Waals surface area contributed by atoms with E-state index >= 15 is 0 Å². The Bertz CT molecular complexity index is 1180. The third-order valence-electron chi connectivity index (χ3n) is 5.93. The molecule has 0 spiro atoms. The predicted octanol–water partition coefficient (Wildman–Crippen LogP) is 4.69. The van der Waals surface area contributed by atoms with Gasteiger partial charge in [0.1, 0.15) is 6.04 Å². The number of carbonyl (C=O) groups is 3. The molecule has 3 aromatic carbocycles. The van der Waals surface area contributed by atoms with Gasteiger partial charge < -0.3 is 25.2 Å². The van der Waals surface area contributed by atoms with Crippen molar-refractivity contribution in [1.29, 1.82) is 0 Å². The van der Waals surface area contributed by atoms with Crippen molar-refractivity contribution in [2.24, 2.45) is 5.92 Å². The van der Waals surface area contributed by atoms with Gasteiger partial charge >= 0.3 is 18.0 Å². The van der Waals surface area contributed by atoms with Gasteiger partial charge in [0, 0.05) is 13.0 Å². The second-order valence-electron chi connectivity index (χ2n) is 9.53. The number of ether oxygens (including phenoxy) is 1. The number of aliphatic carboxylic acids is 2. The van der Waals surface area contributed by atoms with Crippen molar-refractivity contribution in [2.45, 2.75) is 39.0 Å². The van der Waals surface area contributed by atoms with E-state index in [0.29, 0.717) is 0 Å². The number of benzene rings is 3. The van der Waals surface area contributed by atoms with E-state index in [-0.39, 0.29) is 32.0 Å². The summed E-state index contributed by atoms with van der Waals surface area (Å²) in [6.45, 7) is 3.88. The van der Waals surface area contributed by atoms with Crippen molar-refractivity contribution in [3.63, 3.8) is 0 Å². The molecule has 0 saturated carbocycles. The number of nitrogens with one attached hydrogen (secondary N) is 1. The van der Waals surface area contributed by atoms with Crippen molar-refractivity contribution in [3.8, 4) is 11.1 Å². The SMILES string of the molecule is CC(C)CN(CC(OCc1ccccc1)C(=O)O)C(=O)N[C@@H](Cc1ccc(-c2ccccc2)cc1)C(=O)O. The summed E-state index contributed by atoms with van der Waals surface area (Å²) < 4.78 is 5.61. The zero-order chi connectivity index (χ0) is 27.5. The fourth-order valence-corrected chi connectivity index (χ4v) is 3.99. The van der Waals surface area contributed by atoms with Crippen LogP contribution in [0.2, 0.25) is 0 Å². The Labute approximate surface area is 222 Å². The molecule has 0 bridgehead atoms. The first-order valence-electron chi connectivity index (χ1n) is 12.5. The molecule has 8 nitrogen and oxygen atoms in total. The van der Waals surface area contributed by atoms with Gasteiger partial charge in [-0.1, -0.05) is 98.8 Å². The summed E-state index contributed by atoms with van der Waals surface area (Å²) in [6, 6.07) is 24.6. The zero-order valence-electron chi connectivity index (χ0n) is 21.6. The molecule has 0 heterocycles. The highest BCUT2D eigenvalue weighted by atomic mass is 16.5. The Hall–Kier alpha value is -4.17. The lowest BCUT2D eigenvalue weighted by molar-refractivity contribution is -0.152. The highest BCUT2D eigenvalue weighted by Gasteiger charge is 2.28. The molecule has 38 heavy (non-hydrogen) atoms. The van der Waals surface area contributed by atoms with E-state index in [4.69, 9.17) is 4.74 Å². The maximum atomic E-state index is 13.2. The number of nitrogens with zero attached hydrogens (tertiary/aromatic N) is 1. The van der Waals surface area contributed by atoms with E-state index in [1.54, 1.807) is 0 Å². The average Bonchev–Trinajstić information content (AvgIpc) is 2.91. The lowest BCUT2D eigenvalue weighted by Gasteiger charge is -2.29. The van der Waals surface area contributed by atoms with E-state index in [1.807, 2.05) is 98.8 Å². The van der Waals surface area contributed by atoms with Crippen molar-refractivity contribution in [2.75, 3.05) is 13.1 Å². The summed E-state index contributed by atoms with van der Waals surface area (Å²) in [4.78, 5) is 38.4. The Morgan fingerprint density at radius 3 is 1.89 bits per heavy atom. The molecule has 0 aliphatic carbocycles. The third kappa shape index (κ3) is 8.74. The summed E-state index contributed by atoms with van der Waals surface area (Å²) in [7, 11) is 0. The lowest BCUT2D eigenvalue weighted by atomic mass is 10.0. The van der Waals surface area contributed by atoms with Crippen LogP contribution < -0.4 is 5.32 Å². The molecule has 3 aromatic rings. The molecule has 8 heteroatoms. The number of carbonyl (C=O) groups excluding carboxylic acids is 1. The molecule has 0 aromatic heterocycles. The smallest absolute Gasteiger partial charge is 0.334 e. The zero-order valence-corrected chi connectivity index (χ0v) is 21.6. The van der Waals surface area contributed by atoms with Crippen molar-refractivity contribution < 1.29 is 29.3 Å². The summed E-state index contributed by atoms with van der Waals surface area (Å²) in [6.07, 6.45) is -1.19. The number of rotatable bonds is 13. The highest BCUT2D eigenvalue weighted by molar-refractivity contribution is 5.83. The Balaban J connectivity index is 1.67. The molecule has 2 amide bonds. The van der Waals surface area contributed by atoms with E-state index in [0.717, 1.165) is 22.3 Å². The van der Waals surface area contributed by atoms with Crippen LogP contribution in [0, 0.1) is 5.92 Å². The van der Waals surface area contributed by atoms with Crippen molar-refractivity contribution in [1.82, 2.24) is 10.2 Å². The number of urea groups is 1. The minimum Gasteiger partial charge on any atom is -0.480 e. The van der Waals surface area contributed by atoms with Gasteiger partial charge in [-0.15, -0.1) is 0 Å². The van der Waals surface area contributed by atoms with Gasteiger partial charge in [-0.3, -0.25) is 0 Å². The molecule has 0 radical (unpaired) electrons. The molecule has 3 N–H and O–H groups in total. The van der Waals surface area contributed by atoms with Gasteiger partial charge in [0.25, 0.3) is 0 Å². The van der Waals surface area contributed by atoms with Crippen LogP contribution in [0.15, 0.2) is 84.9 Å². The molecular formula is C30H34N2O6. The van der Waals surface area contributed by atoms with Gasteiger partial charge in [-0.2, -0.15) is 0 Å². The second-order valence-corrected chi connectivity index (χ2v) is 9.53. The molecule has 0 aliphatic heterocycles. The van der Waals surface area contributed by atoms with Crippen LogP contribution in [0.4, 0.5) is 4.79 Å². The van der Waals surface area contributed by atoms with Gasteiger partial charge in [0.05, 0.1) is 13.2 Å². The van der Waals surface area contributed by atoms with Crippen LogP contribution in [0.25, 0.3) is 11.1 Å². The van der Waals surface area contributed by atoms with Crippen molar-refractivity contribution >= 4 is 18.0 Å². The molecule has 0 saturated heterocycles. The quantitative estimate of drug-likeness (QED) is 0.302. The Morgan fingerprint density at radius 2 is 1.34 bits per heavy atom. The molecule has 1 unspecified atom stereocenters. The van der Waals surface area contributed by atoms with Gasteiger partial charge in [0.2, 0.25) is 0 Å². The fourth-order valence-electron chi connectivity index (χ4n) is 3.99. The first-order chi connectivity index (χ1) is 18.2. The number of carboxylic acid groups (broad SMARTS) is 2. The molecule has 0 aliphatic rings. The van der Waals surface area contributed by atoms with Gasteiger partial charge in [-0.05, 0) is 28.2 Å². The van der Waals surface area contributed by atoms with Crippen LogP contribution in [0.5, 0.6) is 0 Å². The van der Waals surface area contributed by atoms with E-state index in [9.17, 15) is 24.6 Å². The topological polar surface area (TPSA) is 116 Å². The fraction of sp³-hybridized carbons (Fsp3) is 0.300. The lowest BCUT2D eigenvalue weighted by Crippen LogP contribution is -2.52. The maximum Gasteiger partial charge on any atom is 0.334 e. The Kier molecular flexibility index (Phi) is 10.4. The van der Waals surface area contributed by atoms with E-state index < -0.39 is 30.1 Å². The highest BCUT2D eigenvalue weighted by Crippen LogP contribution is 2.20. The second kappa shape index (κ2) is 13.9. The number of amides is 2. The summed E-state index contributed by atoms with van der Waals surface area (Å²) >= 11 is 0.